The summed E-state index contributed by atoms with van der Waals surface area (Å²) in [5, 5.41) is 13.3. The lowest BCUT2D eigenvalue weighted by Gasteiger charge is -2.22. The molecule has 21 heavy (non-hydrogen) atoms. The predicted molar refractivity (Wildman–Crippen MR) is 75.9 cm³/mol. The summed E-state index contributed by atoms with van der Waals surface area (Å²) in [6.45, 7) is 6.59. The van der Waals surface area contributed by atoms with Crippen LogP contribution in [0.4, 0.5) is 5.69 Å². The van der Waals surface area contributed by atoms with E-state index in [0.29, 0.717) is 0 Å². The number of hydrogen-bond donors (Lipinski definition) is 1. The van der Waals surface area contributed by atoms with E-state index in [1.807, 2.05) is 0 Å². The van der Waals surface area contributed by atoms with Gasteiger partial charge in [0, 0.05) is 6.07 Å². The summed E-state index contributed by atoms with van der Waals surface area (Å²) >= 11 is 0. The number of amides is 1. The molecule has 1 aromatic rings. The van der Waals surface area contributed by atoms with E-state index in [4.69, 9.17) is 4.74 Å². The molecule has 0 aliphatic heterocycles. The largest absolute Gasteiger partial charge is 0.458 e. The van der Waals surface area contributed by atoms with Gasteiger partial charge < -0.3 is 10.1 Å². The van der Waals surface area contributed by atoms with Gasteiger partial charge in [0.1, 0.15) is 17.2 Å². The SMILES string of the molecule is C[C@H](NC(=O)c1ccccc1[N+](=O)[O-])C(=O)OC(C)(C)C. The van der Waals surface area contributed by atoms with Gasteiger partial charge in [0.15, 0.2) is 0 Å². The van der Waals surface area contributed by atoms with Crippen molar-refractivity contribution in [3.05, 3.63) is 39.9 Å². The third-order valence-corrected chi connectivity index (χ3v) is 2.45. The Balaban J connectivity index is 2.82. The fourth-order valence-electron chi connectivity index (χ4n) is 1.55. The first-order valence-electron chi connectivity index (χ1n) is 6.39. The molecule has 0 aromatic heterocycles. The van der Waals surface area contributed by atoms with Crippen molar-refractivity contribution in [1.82, 2.24) is 5.32 Å². The first-order valence-corrected chi connectivity index (χ1v) is 6.39. The number of esters is 1. The number of nitro benzene ring substituents is 1. The van der Waals surface area contributed by atoms with Gasteiger partial charge in [-0.05, 0) is 33.8 Å². The van der Waals surface area contributed by atoms with Crippen molar-refractivity contribution in [3.63, 3.8) is 0 Å². The summed E-state index contributed by atoms with van der Waals surface area (Å²) in [5.41, 5.74) is -1.08. The van der Waals surface area contributed by atoms with Gasteiger partial charge in [-0.2, -0.15) is 0 Å². The molecule has 1 N–H and O–H groups in total. The van der Waals surface area contributed by atoms with E-state index in [9.17, 15) is 19.7 Å². The Kier molecular flexibility index (Phi) is 5.02. The lowest BCUT2D eigenvalue weighted by molar-refractivity contribution is -0.385. The maximum Gasteiger partial charge on any atom is 0.328 e. The third-order valence-electron chi connectivity index (χ3n) is 2.45. The Morgan fingerprint density at radius 1 is 1.29 bits per heavy atom. The van der Waals surface area contributed by atoms with E-state index in [1.165, 1.54) is 31.2 Å². The Morgan fingerprint density at radius 2 is 1.86 bits per heavy atom. The molecular weight excluding hydrogens is 276 g/mol. The second-order valence-corrected chi connectivity index (χ2v) is 5.50. The van der Waals surface area contributed by atoms with E-state index in [1.54, 1.807) is 20.8 Å². The zero-order valence-electron chi connectivity index (χ0n) is 12.4. The van der Waals surface area contributed by atoms with Gasteiger partial charge in [0.05, 0.1) is 4.92 Å². The van der Waals surface area contributed by atoms with Crippen LogP contribution in [0, 0.1) is 10.1 Å². The minimum Gasteiger partial charge on any atom is -0.458 e. The molecule has 0 saturated heterocycles. The molecule has 7 heteroatoms. The number of carbonyl (C=O) groups is 2. The van der Waals surface area contributed by atoms with E-state index in [2.05, 4.69) is 5.32 Å². The first kappa shape index (κ1) is 16.6. The highest BCUT2D eigenvalue weighted by Crippen LogP contribution is 2.17. The van der Waals surface area contributed by atoms with Crippen molar-refractivity contribution in [2.75, 3.05) is 0 Å². The zero-order valence-corrected chi connectivity index (χ0v) is 12.4. The van der Waals surface area contributed by atoms with Crippen molar-refractivity contribution in [3.8, 4) is 0 Å². The summed E-state index contributed by atoms with van der Waals surface area (Å²) in [6, 6.07) is 4.63. The molecule has 0 unspecified atom stereocenters. The summed E-state index contributed by atoms with van der Waals surface area (Å²) in [4.78, 5) is 34.0. The second kappa shape index (κ2) is 6.34. The molecule has 0 bridgehead atoms. The van der Waals surface area contributed by atoms with Gasteiger partial charge in [-0.3, -0.25) is 14.9 Å². The highest BCUT2D eigenvalue weighted by Gasteiger charge is 2.26. The topological polar surface area (TPSA) is 98.5 Å². The smallest absolute Gasteiger partial charge is 0.328 e. The van der Waals surface area contributed by atoms with Gasteiger partial charge in [0.2, 0.25) is 0 Å². The van der Waals surface area contributed by atoms with Crippen molar-refractivity contribution < 1.29 is 19.2 Å². The number of nitrogens with zero attached hydrogens (tertiary/aromatic N) is 1. The Morgan fingerprint density at radius 3 is 2.38 bits per heavy atom. The van der Waals surface area contributed by atoms with Gasteiger partial charge in [-0.1, -0.05) is 12.1 Å². The Bertz CT molecular complexity index is 563. The maximum absolute atomic E-state index is 12.0. The highest BCUT2D eigenvalue weighted by molar-refractivity contribution is 6.00. The Labute approximate surface area is 122 Å². The van der Waals surface area contributed by atoms with Crippen molar-refractivity contribution in [2.24, 2.45) is 0 Å². The van der Waals surface area contributed by atoms with Crippen LogP contribution in [0.2, 0.25) is 0 Å². The molecule has 0 aliphatic carbocycles. The first-order chi connectivity index (χ1) is 9.61. The monoisotopic (exact) mass is 294 g/mol. The summed E-state index contributed by atoms with van der Waals surface area (Å²) < 4.78 is 5.13. The molecule has 1 atom stereocenters. The number of rotatable bonds is 4. The van der Waals surface area contributed by atoms with E-state index in [0.717, 1.165) is 0 Å². The molecule has 0 fully saturated rings. The molecule has 0 heterocycles. The molecule has 0 saturated carbocycles. The summed E-state index contributed by atoms with van der Waals surface area (Å²) in [6.07, 6.45) is 0. The van der Waals surface area contributed by atoms with Crippen LogP contribution in [0.1, 0.15) is 38.1 Å². The van der Waals surface area contributed by atoms with E-state index < -0.39 is 28.4 Å². The number of ether oxygens (including phenoxy) is 1. The molecule has 114 valence electrons. The predicted octanol–water partition coefficient (Wildman–Crippen LogP) is 2.05. The standard InChI is InChI=1S/C14H18N2O5/c1-9(13(18)21-14(2,3)4)15-12(17)10-7-5-6-8-11(10)16(19)20/h5-9H,1-4H3,(H,15,17)/t9-/m0/s1. The van der Waals surface area contributed by atoms with Gasteiger partial charge in [-0.25, -0.2) is 4.79 Å². The van der Waals surface area contributed by atoms with Crippen LogP contribution in [-0.4, -0.2) is 28.4 Å². The van der Waals surface area contributed by atoms with Crippen LogP contribution < -0.4 is 5.32 Å². The average Bonchev–Trinajstić information content (AvgIpc) is 2.36. The lowest BCUT2D eigenvalue weighted by atomic mass is 10.1. The van der Waals surface area contributed by atoms with Crippen LogP contribution in [0.25, 0.3) is 0 Å². The summed E-state index contributed by atoms with van der Waals surface area (Å²) in [5.74, 6) is -1.30. The number of nitrogens with one attached hydrogen (secondary N) is 1. The average molecular weight is 294 g/mol. The molecule has 7 nitrogen and oxygen atoms in total. The number of benzene rings is 1. The van der Waals surface area contributed by atoms with E-state index >= 15 is 0 Å². The van der Waals surface area contributed by atoms with Gasteiger partial charge in [-0.15, -0.1) is 0 Å². The molecule has 0 aliphatic rings. The normalized spacial score (nSPS) is 12.4. The van der Waals surface area contributed by atoms with Crippen LogP contribution in [0.5, 0.6) is 0 Å². The summed E-state index contributed by atoms with van der Waals surface area (Å²) in [7, 11) is 0. The van der Waals surface area contributed by atoms with Gasteiger partial charge in [0.25, 0.3) is 11.6 Å². The highest BCUT2D eigenvalue weighted by atomic mass is 16.6. The molecular formula is C14H18N2O5. The minimum atomic E-state index is -0.906. The molecule has 1 aromatic carbocycles. The van der Waals surface area contributed by atoms with Crippen LogP contribution >= 0.6 is 0 Å². The maximum atomic E-state index is 12.0. The van der Waals surface area contributed by atoms with Crippen LogP contribution in [0.15, 0.2) is 24.3 Å². The number of nitro groups is 1. The minimum absolute atomic E-state index is 0.0992. The molecule has 1 amide bonds. The fraction of sp³-hybridized carbons (Fsp3) is 0.429. The third kappa shape index (κ3) is 4.87. The lowest BCUT2D eigenvalue weighted by Crippen LogP contribution is -2.42. The zero-order chi connectivity index (χ0) is 16.2. The quantitative estimate of drug-likeness (QED) is 0.520. The van der Waals surface area contributed by atoms with Gasteiger partial charge >= 0.3 is 5.97 Å². The van der Waals surface area contributed by atoms with Crippen LogP contribution in [0.3, 0.4) is 0 Å². The number of hydrogen-bond acceptors (Lipinski definition) is 5. The van der Waals surface area contributed by atoms with E-state index in [-0.39, 0.29) is 11.3 Å². The second-order valence-electron chi connectivity index (χ2n) is 5.50. The molecule has 0 spiro atoms. The number of carbonyl (C=O) groups excluding carboxylic acids is 2. The van der Waals surface area contributed by atoms with Crippen molar-refractivity contribution >= 4 is 17.6 Å². The molecule has 1 rings (SSSR count). The molecule has 0 radical (unpaired) electrons. The van der Waals surface area contributed by atoms with Crippen molar-refractivity contribution in [2.45, 2.75) is 39.3 Å². The Hall–Kier alpha value is -2.44. The van der Waals surface area contributed by atoms with Crippen LogP contribution in [-0.2, 0) is 9.53 Å². The fourth-order valence-corrected chi connectivity index (χ4v) is 1.55. The van der Waals surface area contributed by atoms with Crippen molar-refractivity contribution in [1.29, 1.82) is 0 Å². The number of para-hydroxylation sites is 1.